The van der Waals surface area contributed by atoms with Crippen LogP contribution in [0.1, 0.15) is 36.4 Å². The van der Waals surface area contributed by atoms with E-state index in [9.17, 15) is 14.7 Å². The summed E-state index contributed by atoms with van der Waals surface area (Å²) >= 11 is 3.43. The highest BCUT2D eigenvalue weighted by atomic mass is 79.9. The molecule has 6 nitrogen and oxygen atoms in total. The molecule has 0 spiro atoms. The van der Waals surface area contributed by atoms with Gasteiger partial charge in [-0.2, -0.15) is 0 Å². The van der Waals surface area contributed by atoms with E-state index in [2.05, 4.69) is 20.8 Å². The van der Waals surface area contributed by atoms with E-state index in [0.717, 1.165) is 24.3 Å². The Balaban J connectivity index is 1.59. The van der Waals surface area contributed by atoms with Gasteiger partial charge in [-0.25, -0.2) is 0 Å². The number of aliphatic hydroxyl groups is 1. The molecule has 2 saturated heterocycles. The zero-order valence-corrected chi connectivity index (χ0v) is 21.6. The first kappa shape index (κ1) is 24.1. The van der Waals surface area contributed by atoms with E-state index in [4.69, 9.17) is 4.74 Å². The number of halogens is 1. The molecule has 5 rings (SSSR count). The SMILES string of the molecule is COc1ccc(/C(O)=C2/C(=O)C(=O)N(c3ccc(N4CCCCC4)cc3)C2c2ccccc2)cc1Br. The Bertz CT molecular complexity index is 1310. The number of Topliss-reactive ketones (excluding diaryl/α,β-unsaturated/α-hetero) is 1. The maximum atomic E-state index is 13.4. The van der Waals surface area contributed by atoms with Crippen molar-refractivity contribution in [2.45, 2.75) is 25.3 Å². The van der Waals surface area contributed by atoms with E-state index in [1.165, 1.54) is 24.2 Å². The second-order valence-electron chi connectivity index (χ2n) is 8.99. The number of rotatable bonds is 5. The number of amides is 1. The van der Waals surface area contributed by atoms with E-state index in [-0.39, 0.29) is 11.3 Å². The number of hydrogen-bond acceptors (Lipinski definition) is 5. The number of ether oxygens (including phenoxy) is 1. The monoisotopic (exact) mass is 546 g/mol. The number of carbonyl (C=O) groups excluding carboxylic acids is 2. The molecule has 2 aliphatic heterocycles. The maximum Gasteiger partial charge on any atom is 0.300 e. The summed E-state index contributed by atoms with van der Waals surface area (Å²) in [6, 6.07) is 21.4. The largest absolute Gasteiger partial charge is 0.507 e. The van der Waals surface area contributed by atoms with Crippen molar-refractivity contribution in [3.05, 3.63) is 94.0 Å². The molecule has 1 atom stereocenters. The Morgan fingerprint density at radius 3 is 2.22 bits per heavy atom. The first-order valence-corrected chi connectivity index (χ1v) is 12.8. The minimum Gasteiger partial charge on any atom is -0.507 e. The fourth-order valence-corrected chi connectivity index (χ4v) is 5.54. The average Bonchev–Trinajstić information content (AvgIpc) is 3.19. The number of piperidine rings is 1. The lowest BCUT2D eigenvalue weighted by Gasteiger charge is -2.30. The Hall–Kier alpha value is -3.58. The molecule has 3 aromatic rings. The molecule has 0 saturated carbocycles. The molecule has 36 heavy (non-hydrogen) atoms. The molecule has 0 bridgehead atoms. The summed E-state index contributed by atoms with van der Waals surface area (Å²) in [5.74, 6) is -1.00. The molecule has 1 unspecified atom stereocenters. The Morgan fingerprint density at radius 1 is 0.917 bits per heavy atom. The first-order valence-electron chi connectivity index (χ1n) is 12.0. The van der Waals surface area contributed by atoms with Gasteiger partial charge in [0.15, 0.2) is 0 Å². The molecule has 184 valence electrons. The van der Waals surface area contributed by atoms with Crippen molar-refractivity contribution in [2.75, 3.05) is 30.0 Å². The van der Waals surface area contributed by atoms with E-state index >= 15 is 0 Å². The van der Waals surface area contributed by atoms with Gasteiger partial charge in [0.25, 0.3) is 11.7 Å². The van der Waals surface area contributed by atoms with Gasteiger partial charge in [-0.1, -0.05) is 30.3 Å². The molecule has 7 heteroatoms. The molecule has 2 heterocycles. The summed E-state index contributed by atoms with van der Waals surface area (Å²) < 4.78 is 5.92. The van der Waals surface area contributed by atoms with Crippen LogP contribution in [0.3, 0.4) is 0 Å². The normalized spacial score (nSPS) is 19.6. The van der Waals surface area contributed by atoms with Gasteiger partial charge in [-0.3, -0.25) is 14.5 Å². The quantitative estimate of drug-likeness (QED) is 0.239. The molecular weight excluding hydrogens is 520 g/mol. The highest BCUT2D eigenvalue weighted by Crippen LogP contribution is 2.43. The summed E-state index contributed by atoms with van der Waals surface area (Å²) in [6.45, 7) is 2.04. The number of benzene rings is 3. The smallest absolute Gasteiger partial charge is 0.300 e. The summed E-state index contributed by atoms with van der Waals surface area (Å²) in [5, 5.41) is 11.3. The Kier molecular flexibility index (Phi) is 6.83. The summed E-state index contributed by atoms with van der Waals surface area (Å²) in [4.78, 5) is 30.6. The zero-order valence-electron chi connectivity index (χ0n) is 20.0. The van der Waals surface area contributed by atoms with Crippen LogP contribution in [0.25, 0.3) is 5.76 Å². The molecule has 2 fully saturated rings. The second-order valence-corrected chi connectivity index (χ2v) is 9.85. The first-order chi connectivity index (χ1) is 17.5. The molecule has 0 aliphatic carbocycles. The number of hydrogen-bond donors (Lipinski definition) is 1. The van der Waals surface area contributed by atoms with E-state index < -0.39 is 17.7 Å². The predicted molar refractivity (Wildman–Crippen MR) is 144 cm³/mol. The number of ketones is 1. The van der Waals surface area contributed by atoms with Crippen LogP contribution in [0, 0.1) is 0 Å². The lowest BCUT2D eigenvalue weighted by Crippen LogP contribution is -2.30. The number of methoxy groups -OCH3 is 1. The molecule has 3 aromatic carbocycles. The minimum atomic E-state index is -0.757. The summed E-state index contributed by atoms with van der Waals surface area (Å²) in [7, 11) is 1.55. The molecule has 2 aliphatic rings. The number of nitrogens with zero attached hydrogens (tertiary/aromatic N) is 2. The Morgan fingerprint density at radius 2 is 1.58 bits per heavy atom. The van der Waals surface area contributed by atoms with Gasteiger partial charge in [0.05, 0.1) is 23.2 Å². The molecular formula is C29H27BrN2O4. The maximum absolute atomic E-state index is 13.4. The zero-order chi connectivity index (χ0) is 25.2. The van der Waals surface area contributed by atoms with Crippen molar-refractivity contribution < 1.29 is 19.4 Å². The van der Waals surface area contributed by atoms with Crippen LogP contribution in [-0.2, 0) is 9.59 Å². The van der Waals surface area contributed by atoms with Gasteiger partial charge < -0.3 is 14.7 Å². The van der Waals surface area contributed by atoms with Crippen molar-refractivity contribution >= 4 is 44.8 Å². The van der Waals surface area contributed by atoms with Crippen molar-refractivity contribution in [3.8, 4) is 5.75 Å². The van der Waals surface area contributed by atoms with Gasteiger partial charge in [-0.05, 0) is 83.2 Å². The minimum absolute atomic E-state index is 0.0587. The van der Waals surface area contributed by atoms with Gasteiger partial charge in [0, 0.05) is 30.0 Å². The third kappa shape index (κ3) is 4.39. The number of anilines is 2. The van der Waals surface area contributed by atoms with Crippen LogP contribution in [0.2, 0.25) is 0 Å². The van der Waals surface area contributed by atoms with Crippen molar-refractivity contribution in [2.24, 2.45) is 0 Å². The van der Waals surface area contributed by atoms with Crippen LogP contribution in [0.15, 0.2) is 82.8 Å². The van der Waals surface area contributed by atoms with Gasteiger partial charge in [0.1, 0.15) is 11.5 Å². The second kappa shape index (κ2) is 10.2. The van der Waals surface area contributed by atoms with Crippen molar-refractivity contribution in [1.29, 1.82) is 0 Å². The summed E-state index contributed by atoms with van der Waals surface area (Å²) in [6.07, 6.45) is 3.60. The topological polar surface area (TPSA) is 70.1 Å². The highest BCUT2D eigenvalue weighted by molar-refractivity contribution is 9.10. The third-order valence-electron chi connectivity index (χ3n) is 6.83. The standard InChI is InChI=1S/C29H27BrN2O4/c1-36-24-15-10-20(18-23(24)30)27(33)25-26(19-8-4-2-5-9-19)32(29(35)28(25)34)22-13-11-21(12-14-22)31-16-6-3-7-17-31/h2,4-5,8-15,18,26,33H,3,6-7,16-17H2,1H3/b27-25-. The van der Waals surface area contributed by atoms with E-state index in [1.54, 1.807) is 25.3 Å². The van der Waals surface area contributed by atoms with E-state index in [1.807, 2.05) is 54.6 Å². The number of aliphatic hydroxyl groups excluding tert-OH is 1. The molecule has 1 N–H and O–H groups in total. The van der Waals surface area contributed by atoms with Gasteiger partial charge in [-0.15, -0.1) is 0 Å². The van der Waals surface area contributed by atoms with Crippen LogP contribution in [0.4, 0.5) is 11.4 Å². The molecule has 1 amide bonds. The fourth-order valence-electron chi connectivity index (χ4n) is 4.99. The van der Waals surface area contributed by atoms with Crippen molar-refractivity contribution in [1.82, 2.24) is 0 Å². The third-order valence-corrected chi connectivity index (χ3v) is 7.45. The lowest BCUT2D eigenvalue weighted by atomic mass is 9.95. The predicted octanol–water partition coefficient (Wildman–Crippen LogP) is 6.07. The summed E-state index contributed by atoms with van der Waals surface area (Å²) in [5.41, 5.74) is 2.94. The van der Waals surface area contributed by atoms with Crippen LogP contribution >= 0.6 is 15.9 Å². The molecule has 0 aromatic heterocycles. The average molecular weight is 547 g/mol. The van der Waals surface area contributed by atoms with Crippen LogP contribution in [-0.4, -0.2) is 37.0 Å². The van der Waals surface area contributed by atoms with Crippen LogP contribution in [0.5, 0.6) is 5.75 Å². The highest BCUT2D eigenvalue weighted by Gasteiger charge is 2.47. The van der Waals surface area contributed by atoms with Crippen molar-refractivity contribution in [3.63, 3.8) is 0 Å². The van der Waals surface area contributed by atoms with Crippen LogP contribution < -0.4 is 14.5 Å². The lowest BCUT2D eigenvalue weighted by molar-refractivity contribution is -0.132. The fraction of sp³-hybridized carbons (Fsp3) is 0.241. The van der Waals surface area contributed by atoms with Gasteiger partial charge >= 0.3 is 0 Å². The molecule has 0 radical (unpaired) electrons. The number of carbonyl (C=O) groups is 2. The van der Waals surface area contributed by atoms with E-state index in [0.29, 0.717) is 21.5 Å². The Labute approximate surface area is 218 Å². The van der Waals surface area contributed by atoms with Gasteiger partial charge in [0.2, 0.25) is 0 Å².